The molecule has 0 spiro atoms. The van der Waals surface area contributed by atoms with E-state index < -0.39 is 5.97 Å². The fourth-order valence-corrected chi connectivity index (χ4v) is 2.42. The van der Waals surface area contributed by atoms with E-state index >= 15 is 0 Å². The fraction of sp³-hybridized carbons (Fsp3) is 0.300. The summed E-state index contributed by atoms with van der Waals surface area (Å²) in [5, 5.41) is 9.20. The lowest BCUT2D eigenvalue weighted by Crippen LogP contribution is -2.26. The highest BCUT2D eigenvalue weighted by Gasteiger charge is 2.31. The van der Waals surface area contributed by atoms with Crippen molar-refractivity contribution in [1.29, 1.82) is 0 Å². The summed E-state index contributed by atoms with van der Waals surface area (Å²) in [5.74, 6) is -1.26. The van der Waals surface area contributed by atoms with Crippen molar-refractivity contribution in [3.05, 3.63) is 23.0 Å². The maximum Gasteiger partial charge on any atom is 0.339 e. The van der Waals surface area contributed by atoms with Crippen LogP contribution in [0, 0.1) is 0 Å². The van der Waals surface area contributed by atoms with E-state index in [1.54, 1.807) is 0 Å². The Balaban J connectivity index is 2.46. The van der Waals surface area contributed by atoms with Crippen LogP contribution >= 0.6 is 27.5 Å². The van der Waals surface area contributed by atoms with Crippen molar-refractivity contribution in [2.45, 2.75) is 11.2 Å². The number of anilines is 1. The normalized spacial score (nSPS) is 19.8. The minimum atomic E-state index is -1.13. The molecule has 0 aromatic carbocycles. The van der Waals surface area contributed by atoms with Crippen molar-refractivity contribution in [3.8, 4) is 0 Å². The zero-order valence-corrected chi connectivity index (χ0v) is 10.9. The highest BCUT2D eigenvalue weighted by Crippen LogP contribution is 2.29. The first-order valence-electron chi connectivity index (χ1n) is 4.82. The van der Waals surface area contributed by atoms with Crippen molar-refractivity contribution < 1.29 is 14.7 Å². The molecule has 1 aliphatic rings. The molecule has 1 amide bonds. The number of halogens is 2. The second-order valence-corrected chi connectivity index (χ2v) is 5.32. The van der Waals surface area contributed by atoms with Gasteiger partial charge in [0.1, 0.15) is 10.7 Å². The number of carboxylic acid groups (broad SMARTS) is 1. The molecule has 1 aliphatic heterocycles. The topological polar surface area (TPSA) is 70.5 Å². The van der Waals surface area contributed by atoms with Crippen LogP contribution in [0.4, 0.5) is 5.69 Å². The van der Waals surface area contributed by atoms with Gasteiger partial charge in [0.25, 0.3) is 0 Å². The summed E-state index contributed by atoms with van der Waals surface area (Å²) in [4.78, 5) is 27.9. The number of nitrogens with zero attached hydrogens (tertiary/aromatic N) is 2. The predicted molar refractivity (Wildman–Crippen MR) is 65.9 cm³/mol. The number of carbonyl (C=O) groups is 2. The molecular formula is C10H8BrClN2O3. The molecule has 1 aromatic rings. The SMILES string of the molecule is O=C(O)c1cnc(Cl)cc1N1CC(Br)CC1=O. The Labute approximate surface area is 111 Å². The average Bonchev–Trinajstić information content (AvgIpc) is 2.57. The van der Waals surface area contributed by atoms with Crippen molar-refractivity contribution >= 4 is 45.1 Å². The van der Waals surface area contributed by atoms with Crippen LogP contribution in [0.2, 0.25) is 5.15 Å². The van der Waals surface area contributed by atoms with Crippen LogP contribution in [0.3, 0.4) is 0 Å². The zero-order chi connectivity index (χ0) is 12.6. The van der Waals surface area contributed by atoms with Gasteiger partial charge in [-0.05, 0) is 0 Å². The number of alkyl halides is 1. The van der Waals surface area contributed by atoms with Crippen LogP contribution < -0.4 is 4.90 Å². The first kappa shape index (κ1) is 12.3. The Hall–Kier alpha value is -1.14. The second-order valence-electron chi connectivity index (χ2n) is 3.64. The van der Waals surface area contributed by atoms with E-state index in [1.807, 2.05) is 0 Å². The van der Waals surface area contributed by atoms with Crippen LogP contribution in [0.5, 0.6) is 0 Å². The number of carbonyl (C=O) groups excluding carboxylic acids is 1. The first-order chi connectivity index (χ1) is 7.99. The lowest BCUT2D eigenvalue weighted by atomic mass is 10.2. The third-order valence-electron chi connectivity index (χ3n) is 2.45. The van der Waals surface area contributed by atoms with Crippen molar-refractivity contribution in [1.82, 2.24) is 4.98 Å². The van der Waals surface area contributed by atoms with Gasteiger partial charge < -0.3 is 10.0 Å². The number of amides is 1. The Morgan fingerprint density at radius 2 is 2.35 bits per heavy atom. The van der Waals surface area contributed by atoms with Crippen molar-refractivity contribution in [2.75, 3.05) is 11.4 Å². The Kier molecular flexibility index (Phi) is 3.35. The van der Waals surface area contributed by atoms with E-state index in [4.69, 9.17) is 16.7 Å². The lowest BCUT2D eigenvalue weighted by molar-refractivity contribution is -0.117. The standard InChI is InChI=1S/C10H8BrClN2O3/c11-5-1-9(15)14(4-5)7-2-8(12)13-3-6(7)10(16)17/h2-3,5H,1,4H2,(H,16,17). The number of aromatic carboxylic acids is 1. The van der Waals surface area contributed by atoms with E-state index in [0.717, 1.165) is 6.20 Å². The van der Waals surface area contributed by atoms with Crippen LogP contribution in [0.25, 0.3) is 0 Å². The summed E-state index contributed by atoms with van der Waals surface area (Å²) < 4.78 is 0. The van der Waals surface area contributed by atoms with Gasteiger partial charge in [-0.25, -0.2) is 9.78 Å². The number of hydrogen-bond acceptors (Lipinski definition) is 3. The molecule has 0 radical (unpaired) electrons. The second kappa shape index (κ2) is 4.62. The minimum absolute atomic E-state index is 0.0237. The number of pyridine rings is 1. The molecule has 0 aliphatic carbocycles. The Morgan fingerprint density at radius 3 is 2.88 bits per heavy atom. The summed E-state index contributed by atoms with van der Waals surface area (Å²) in [6.07, 6.45) is 1.51. The maximum atomic E-state index is 11.7. The highest BCUT2D eigenvalue weighted by molar-refractivity contribution is 9.09. The van der Waals surface area contributed by atoms with E-state index in [9.17, 15) is 9.59 Å². The summed E-state index contributed by atoms with van der Waals surface area (Å²) in [5.41, 5.74) is 0.272. The fourth-order valence-electron chi connectivity index (χ4n) is 1.71. The maximum absolute atomic E-state index is 11.7. The van der Waals surface area contributed by atoms with Crippen molar-refractivity contribution in [2.24, 2.45) is 0 Å². The Morgan fingerprint density at radius 1 is 1.65 bits per heavy atom. The van der Waals surface area contributed by atoms with Gasteiger partial charge in [0, 0.05) is 30.1 Å². The molecule has 1 N–H and O–H groups in total. The molecule has 1 saturated heterocycles. The van der Waals surface area contributed by atoms with E-state index in [2.05, 4.69) is 20.9 Å². The van der Waals surface area contributed by atoms with Gasteiger partial charge in [-0.2, -0.15) is 0 Å². The summed E-state index contributed by atoms with van der Waals surface area (Å²) >= 11 is 9.07. The molecule has 0 saturated carbocycles. The third kappa shape index (κ3) is 2.42. The molecule has 17 heavy (non-hydrogen) atoms. The number of aromatic nitrogens is 1. The van der Waals surface area contributed by atoms with E-state index in [0.29, 0.717) is 18.7 Å². The molecule has 2 rings (SSSR count). The highest BCUT2D eigenvalue weighted by atomic mass is 79.9. The zero-order valence-electron chi connectivity index (χ0n) is 8.56. The molecule has 2 heterocycles. The molecule has 1 unspecified atom stereocenters. The van der Waals surface area contributed by atoms with Gasteiger partial charge in [0.2, 0.25) is 5.91 Å². The van der Waals surface area contributed by atoms with E-state index in [-0.39, 0.29) is 21.5 Å². The number of hydrogen-bond donors (Lipinski definition) is 1. The van der Waals surface area contributed by atoms with Gasteiger partial charge in [0.05, 0.1) is 5.69 Å². The molecule has 1 fully saturated rings. The quantitative estimate of drug-likeness (QED) is 0.668. The number of rotatable bonds is 2. The average molecular weight is 320 g/mol. The Bertz CT molecular complexity index is 494. The van der Waals surface area contributed by atoms with Gasteiger partial charge in [-0.1, -0.05) is 27.5 Å². The van der Waals surface area contributed by atoms with Crippen LogP contribution in [0.1, 0.15) is 16.8 Å². The van der Waals surface area contributed by atoms with Gasteiger partial charge in [-0.15, -0.1) is 0 Å². The largest absolute Gasteiger partial charge is 0.478 e. The molecule has 1 aromatic heterocycles. The van der Waals surface area contributed by atoms with Gasteiger partial charge in [-0.3, -0.25) is 4.79 Å². The lowest BCUT2D eigenvalue weighted by Gasteiger charge is -2.18. The minimum Gasteiger partial charge on any atom is -0.478 e. The van der Waals surface area contributed by atoms with Gasteiger partial charge in [0.15, 0.2) is 0 Å². The summed E-state index contributed by atoms with van der Waals surface area (Å²) in [6.45, 7) is 0.430. The summed E-state index contributed by atoms with van der Waals surface area (Å²) in [7, 11) is 0. The van der Waals surface area contributed by atoms with Crippen molar-refractivity contribution in [3.63, 3.8) is 0 Å². The first-order valence-corrected chi connectivity index (χ1v) is 6.11. The predicted octanol–water partition coefficient (Wildman–Crippen LogP) is 1.93. The van der Waals surface area contributed by atoms with Crippen LogP contribution in [-0.4, -0.2) is 33.3 Å². The summed E-state index contributed by atoms with van der Waals surface area (Å²) in [6, 6.07) is 1.40. The molecular weight excluding hydrogens is 311 g/mol. The molecule has 0 bridgehead atoms. The molecule has 7 heteroatoms. The number of carboxylic acids is 1. The monoisotopic (exact) mass is 318 g/mol. The van der Waals surface area contributed by atoms with Crippen LogP contribution in [-0.2, 0) is 4.79 Å². The van der Waals surface area contributed by atoms with Crippen LogP contribution in [0.15, 0.2) is 12.3 Å². The molecule has 90 valence electrons. The molecule has 1 atom stereocenters. The smallest absolute Gasteiger partial charge is 0.339 e. The molecule has 5 nitrogen and oxygen atoms in total. The van der Waals surface area contributed by atoms with Gasteiger partial charge >= 0.3 is 5.97 Å². The third-order valence-corrected chi connectivity index (χ3v) is 3.27. The van der Waals surface area contributed by atoms with E-state index in [1.165, 1.54) is 11.0 Å².